The predicted molar refractivity (Wildman–Crippen MR) is 37.3 cm³/mol. The summed E-state index contributed by atoms with van der Waals surface area (Å²) in [4.78, 5) is 0. The Morgan fingerprint density at radius 3 is 2.43 bits per heavy atom. The van der Waals surface area contributed by atoms with E-state index in [1.54, 1.807) is 0 Å². The lowest BCUT2D eigenvalue weighted by molar-refractivity contribution is 0.184. The molecule has 0 unspecified atom stereocenters. The zero-order valence-electron chi connectivity index (χ0n) is 3.93. The minimum Gasteiger partial charge on any atom is -0.785 e. The molecular weight excluding hydrogens is 205 g/mol. The molecule has 1 heterocycles. The molecule has 0 aromatic heterocycles. The first-order chi connectivity index (χ1) is 3.33. The second-order valence-electron chi connectivity index (χ2n) is 1.87. The number of rotatable bonds is 1. The fraction of sp³-hybridized carbons (Fsp3) is 1.00. The number of hydroxylamine groups is 2. The van der Waals surface area contributed by atoms with Gasteiger partial charge < -0.3 is 10.3 Å². The Balaban J connectivity index is 2.06. The summed E-state index contributed by atoms with van der Waals surface area (Å²) in [7, 11) is 0. The highest BCUT2D eigenvalue weighted by Crippen LogP contribution is 2.14. The SMILES string of the molecule is [O-]N1CC(CI)C1. The highest BCUT2D eigenvalue weighted by atomic mass is 127. The average Bonchev–Trinajstić information content (AvgIpc) is 1.58. The molecule has 1 saturated heterocycles. The molecule has 0 spiro atoms. The van der Waals surface area contributed by atoms with Gasteiger partial charge >= 0.3 is 0 Å². The van der Waals surface area contributed by atoms with Gasteiger partial charge in [-0.15, -0.1) is 0 Å². The van der Waals surface area contributed by atoms with Crippen molar-refractivity contribution in [3.8, 4) is 0 Å². The fourth-order valence-corrected chi connectivity index (χ4v) is 1.18. The number of halogens is 1. The lowest BCUT2D eigenvalue weighted by Gasteiger charge is -2.43. The van der Waals surface area contributed by atoms with Crippen molar-refractivity contribution in [3.05, 3.63) is 5.21 Å². The highest BCUT2D eigenvalue weighted by Gasteiger charge is 2.16. The van der Waals surface area contributed by atoms with E-state index in [2.05, 4.69) is 22.6 Å². The number of alkyl halides is 1. The van der Waals surface area contributed by atoms with Crippen LogP contribution >= 0.6 is 22.6 Å². The zero-order valence-corrected chi connectivity index (χ0v) is 6.09. The van der Waals surface area contributed by atoms with Gasteiger partial charge in [-0.25, -0.2) is 0 Å². The van der Waals surface area contributed by atoms with Crippen LogP contribution in [-0.2, 0) is 0 Å². The molecule has 1 aliphatic heterocycles. The molecule has 0 aromatic carbocycles. The summed E-state index contributed by atoms with van der Waals surface area (Å²) in [5.41, 5.74) is 0. The van der Waals surface area contributed by atoms with Gasteiger partial charge in [0, 0.05) is 4.43 Å². The van der Waals surface area contributed by atoms with E-state index in [9.17, 15) is 5.21 Å². The van der Waals surface area contributed by atoms with Crippen LogP contribution in [0.3, 0.4) is 0 Å². The Labute approximate surface area is 56.6 Å². The molecule has 3 heteroatoms. The molecular formula is C4H7INO-. The van der Waals surface area contributed by atoms with Crippen LogP contribution in [0.15, 0.2) is 0 Å². The largest absolute Gasteiger partial charge is 0.785 e. The minimum atomic E-state index is 0.693. The van der Waals surface area contributed by atoms with Crippen LogP contribution in [0.25, 0.3) is 0 Å². The number of hydrogen-bond donors (Lipinski definition) is 0. The summed E-state index contributed by atoms with van der Waals surface area (Å²) in [6.45, 7) is 1.53. The molecule has 1 aliphatic rings. The maximum atomic E-state index is 10.2. The number of nitrogens with zero attached hydrogens (tertiary/aromatic N) is 1. The predicted octanol–water partition coefficient (Wildman–Crippen LogP) is 0.851. The maximum absolute atomic E-state index is 10.2. The van der Waals surface area contributed by atoms with Crippen LogP contribution in [0.5, 0.6) is 0 Å². The molecule has 7 heavy (non-hydrogen) atoms. The van der Waals surface area contributed by atoms with Gasteiger partial charge in [-0.1, -0.05) is 22.6 Å². The summed E-state index contributed by atoms with van der Waals surface area (Å²) < 4.78 is 1.14. The summed E-state index contributed by atoms with van der Waals surface area (Å²) in [6.07, 6.45) is 0. The van der Waals surface area contributed by atoms with Crippen molar-refractivity contribution in [2.45, 2.75) is 0 Å². The second-order valence-corrected chi connectivity index (χ2v) is 2.75. The minimum absolute atomic E-state index is 0.693. The lowest BCUT2D eigenvalue weighted by atomic mass is 10.1. The fourth-order valence-electron chi connectivity index (χ4n) is 0.620. The third-order valence-electron chi connectivity index (χ3n) is 1.14. The highest BCUT2D eigenvalue weighted by molar-refractivity contribution is 14.1. The molecule has 0 bridgehead atoms. The van der Waals surface area contributed by atoms with E-state index in [0.717, 1.165) is 22.6 Å². The molecule has 0 aliphatic carbocycles. The van der Waals surface area contributed by atoms with Gasteiger partial charge in [-0.2, -0.15) is 0 Å². The Bertz CT molecular complexity index is 62.7. The van der Waals surface area contributed by atoms with Crippen LogP contribution in [-0.4, -0.2) is 22.6 Å². The van der Waals surface area contributed by atoms with E-state index in [-0.39, 0.29) is 0 Å². The standard InChI is InChI=1S/C4H7INO/c5-1-4-2-6(7)3-4/h4H,1-3H2/q-1. The van der Waals surface area contributed by atoms with Crippen molar-refractivity contribution < 1.29 is 0 Å². The van der Waals surface area contributed by atoms with Crippen molar-refractivity contribution in [3.63, 3.8) is 0 Å². The smallest absolute Gasteiger partial charge is 0.00475 e. The maximum Gasteiger partial charge on any atom is 0.00475 e. The van der Waals surface area contributed by atoms with Crippen molar-refractivity contribution in [2.75, 3.05) is 17.5 Å². The first-order valence-corrected chi connectivity index (χ1v) is 3.83. The van der Waals surface area contributed by atoms with Gasteiger partial charge in [-0.3, -0.25) is 0 Å². The Morgan fingerprint density at radius 1 is 1.71 bits per heavy atom. The van der Waals surface area contributed by atoms with Gasteiger partial charge in [0.25, 0.3) is 0 Å². The van der Waals surface area contributed by atoms with E-state index < -0.39 is 0 Å². The average molecular weight is 212 g/mol. The summed E-state index contributed by atoms with van der Waals surface area (Å²) in [5.74, 6) is 0.693. The van der Waals surface area contributed by atoms with Crippen LogP contribution in [0, 0.1) is 11.1 Å². The van der Waals surface area contributed by atoms with E-state index >= 15 is 0 Å². The Morgan fingerprint density at radius 2 is 2.29 bits per heavy atom. The van der Waals surface area contributed by atoms with E-state index in [4.69, 9.17) is 0 Å². The first-order valence-electron chi connectivity index (χ1n) is 2.31. The molecule has 1 fully saturated rings. The van der Waals surface area contributed by atoms with E-state index in [0.29, 0.717) is 5.92 Å². The number of hydrogen-bond acceptors (Lipinski definition) is 2. The molecule has 0 saturated carbocycles. The van der Waals surface area contributed by atoms with Crippen LogP contribution < -0.4 is 0 Å². The topological polar surface area (TPSA) is 26.3 Å². The molecule has 42 valence electrons. The molecule has 1 rings (SSSR count). The van der Waals surface area contributed by atoms with E-state index in [1.807, 2.05) is 0 Å². The molecule has 0 amide bonds. The lowest BCUT2D eigenvalue weighted by Crippen LogP contribution is -2.43. The molecule has 0 radical (unpaired) electrons. The molecule has 0 aromatic rings. The van der Waals surface area contributed by atoms with Crippen molar-refractivity contribution in [1.29, 1.82) is 0 Å². The third kappa shape index (κ3) is 1.27. The van der Waals surface area contributed by atoms with Gasteiger partial charge in [0.1, 0.15) is 0 Å². The molecule has 0 atom stereocenters. The van der Waals surface area contributed by atoms with Gasteiger partial charge in [0.2, 0.25) is 0 Å². The normalized spacial score (nSPS) is 24.9. The summed E-state index contributed by atoms with van der Waals surface area (Å²) in [6, 6.07) is 0. The van der Waals surface area contributed by atoms with E-state index in [1.165, 1.54) is 0 Å². The first kappa shape index (κ1) is 5.78. The van der Waals surface area contributed by atoms with Crippen molar-refractivity contribution >= 4 is 22.6 Å². The Hall–Kier alpha value is 0.650. The second kappa shape index (κ2) is 2.28. The van der Waals surface area contributed by atoms with Crippen LogP contribution in [0.2, 0.25) is 0 Å². The van der Waals surface area contributed by atoms with Crippen LogP contribution in [0.1, 0.15) is 0 Å². The monoisotopic (exact) mass is 212 g/mol. The van der Waals surface area contributed by atoms with Gasteiger partial charge in [0.15, 0.2) is 0 Å². The summed E-state index contributed by atoms with van der Waals surface area (Å²) in [5, 5.41) is 11.3. The molecule has 2 nitrogen and oxygen atoms in total. The van der Waals surface area contributed by atoms with Crippen LogP contribution in [0.4, 0.5) is 0 Å². The van der Waals surface area contributed by atoms with Gasteiger partial charge in [-0.05, 0) is 19.0 Å². The quantitative estimate of drug-likeness (QED) is 0.475. The Kier molecular flexibility index (Phi) is 1.88. The molecule has 0 N–H and O–H groups in total. The van der Waals surface area contributed by atoms with Gasteiger partial charge in [0.05, 0.1) is 0 Å². The summed E-state index contributed by atoms with van der Waals surface area (Å²) >= 11 is 2.31. The zero-order chi connectivity index (χ0) is 5.28. The van der Waals surface area contributed by atoms with Crippen molar-refractivity contribution in [1.82, 2.24) is 5.06 Å². The van der Waals surface area contributed by atoms with Crippen molar-refractivity contribution in [2.24, 2.45) is 5.92 Å². The third-order valence-corrected chi connectivity index (χ3v) is 2.39.